The third-order valence-corrected chi connectivity index (χ3v) is 4.47. The fourth-order valence-electron chi connectivity index (χ4n) is 3.11. The summed E-state index contributed by atoms with van der Waals surface area (Å²) in [6, 6.07) is 4.63. The van der Waals surface area contributed by atoms with Gasteiger partial charge in [-0.05, 0) is 43.7 Å². The van der Waals surface area contributed by atoms with Gasteiger partial charge in [0.05, 0.1) is 11.0 Å². The summed E-state index contributed by atoms with van der Waals surface area (Å²) in [6.07, 6.45) is 3.46. The normalized spacial score (nSPS) is 29.6. The SMILES string of the molecule is NC1(Cc2cc(Cl)ccc2[N+](=O)[O-])CCOC1C1CC1. The third kappa shape index (κ3) is 2.53. The maximum absolute atomic E-state index is 11.1. The van der Waals surface area contributed by atoms with Crippen LogP contribution in [0.4, 0.5) is 5.69 Å². The number of halogens is 1. The number of nitrogens with zero attached hydrogens (tertiary/aromatic N) is 1. The summed E-state index contributed by atoms with van der Waals surface area (Å²) in [4.78, 5) is 10.8. The molecule has 2 unspecified atom stereocenters. The maximum atomic E-state index is 11.1. The summed E-state index contributed by atoms with van der Waals surface area (Å²) in [5.41, 5.74) is 6.67. The highest BCUT2D eigenvalue weighted by atomic mass is 35.5. The molecule has 20 heavy (non-hydrogen) atoms. The molecule has 1 saturated heterocycles. The highest BCUT2D eigenvalue weighted by Crippen LogP contribution is 2.44. The van der Waals surface area contributed by atoms with Gasteiger partial charge < -0.3 is 10.5 Å². The van der Waals surface area contributed by atoms with Crippen molar-refractivity contribution in [3.05, 3.63) is 38.9 Å². The van der Waals surface area contributed by atoms with E-state index in [1.54, 1.807) is 6.07 Å². The van der Waals surface area contributed by atoms with Crippen LogP contribution in [0.5, 0.6) is 0 Å². The molecular formula is C14H17ClN2O3. The average molecular weight is 297 g/mol. The topological polar surface area (TPSA) is 78.4 Å². The Morgan fingerprint density at radius 1 is 1.50 bits per heavy atom. The summed E-state index contributed by atoms with van der Waals surface area (Å²) in [7, 11) is 0. The first-order valence-electron chi connectivity index (χ1n) is 6.83. The predicted octanol–water partition coefficient (Wildman–Crippen LogP) is 2.69. The van der Waals surface area contributed by atoms with Gasteiger partial charge in [0.2, 0.25) is 0 Å². The zero-order valence-corrected chi connectivity index (χ0v) is 11.8. The zero-order valence-electron chi connectivity index (χ0n) is 11.0. The molecule has 5 nitrogen and oxygen atoms in total. The van der Waals surface area contributed by atoms with Crippen molar-refractivity contribution in [1.82, 2.24) is 0 Å². The lowest BCUT2D eigenvalue weighted by molar-refractivity contribution is -0.385. The molecule has 0 radical (unpaired) electrons. The van der Waals surface area contributed by atoms with E-state index in [-0.39, 0.29) is 16.7 Å². The van der Waals surface area contributed by atoms with Crippen molar-refractivity contribution in [2.75, 3.05) is 6.61 Å². The Kier molecular flexibility index (Phi) is 3.44. The highest BCUT2D eigenvalue weighted by molar-refractivity contribution is 6.30. The third-order valence-electron chi connectivity index (χ3n) is 4.24. The molecule has 2 N–H and O–H groups in total. The van der Waals surface area contributed by atoms with Crippen LogP contribution in [0.3, 0.4) is 0 Å². The fourth-order valence-corrected chi connectivity index (χ4v) is 3.30. The molecule has 0 aromatic heterocycles. The second-order valence-corrected chi connectivity index (χ2v) is 6.26. The number of benzene rings is 1. The molecule has 1 aromatic rings. The van der Waals surface area contributed by atoms with Crippen molar-refractivity contribution >= 4 is 17.3 Å². The number of hydrogen-bond donors (Lipinski definition) is 1. The molecule has 0 amide bonds. The van der Waals surface area contributed by atoms with E-state index >= 15 is 0 Å². The Balaban J connectivity index is 1.89. The lowest BCUT2D eigenvalue weighted by Crippen LogP contribution is -2.50. The highest BCUT2D eigenvalue weighted by Gasteiger charge is 2.49. The maximum Gasteiger partial charge on any atom is 0.272 e. The number of ether oxygens (including phenoxy) is 1. The van der Waals surface area contributed by atoms with Gasteiger partial charge in [0.1, 0.15) is 0 Å². The summed E-state index contributed by atoms with van der Waals surface area (Å²) >= 11 is 5.97. The number of rotatable bonds is 4. The van der Waals surface area contributed by atoms with Crippen molar-refractivity contribution in [2.45, 2.75) is 37.3 Å². The lowest BCUT2D eigenvalue weighted by atomic mass is 9.83. The first-order valence-corrected chi connectivity index (χ1v) is 7.21. The van der Waals surface area contributed by atoms with Crippen LogP contribution in [-0.2, 0) is 11.2 Å². The summed E-state index contributed by atoms with van der Waals surface area (Å²) in [5, 5.41) is 11.6. The molecule has 108 valence electrons. The van der Waals surface area contributed by atoms with Crippen molar-refractivity contribution in [3.8, 4) is 0 Å². The van der Waals surface area contributed by atoms with Crippen molar-refractivity contribution < 1.29 is 9.66 Å². The number of nitro benzene ring substituents is 1. The average Bonchev–Trinajstić information content (AvgIpc) is 3.13. The monoisotopic (exact) mass is 296 g/mol. The molecule has 1 aliphatic carbocycles. The summed E-state index contributed by atoms with van der Waals surface area (Å²) < 4.78 is 5.77. The minimum Gasteiger partial charge on any atom is -0.376 e. The second-order valence-electron chi connectivity index (χ2n) is 5.82. The van der Waals surface area contributed by atoms with Gasteiger partial charge in [-0.2, -0.15) is 0 Å². The smallest absolute Gasteiger partial charge is 0.272 e. The van der Waals surface area contributed by atoms with Gasteiger partial charge in [-0.3, -0.25) is 10.1 Å². The molecule has 1 aliphatic heterocycles. The van der Waals surface area contributed by atoms with E-state index in [9.17, 15) is 10.1 Å². The summed E-state index contributed by atoms with van der Waals surface area (Å²) in [6.45, 7) is 0.631. The quantitative estimate of drug-likeness (QED) is 0.684. The molecule has 6 heteroatoms. The molecule has 2 atom stereocenters. The fraction of sp³-hybridized carbons (Fsp3) is 0.571. The van der Waals surface area contributed by atoms with E-state index in [4.69, 9.17) is 22.1 Å². The van der Waals surface area contributed by atoms with E-state index in [0.29, 0.717) is 29.5 Å². The Morgan fingerprint density at radius 3 is 2.90 bits per heavy atom. The molecule has 0 spiro atoms. The Bertz CT molecular complexity index is 547. The molecule has 1 aromatic carbocycles. The van der Waals surface area contributed by atoms with Gasteiger partial charge in [0, 0.05) is 28.8 Å². The van der Waals surface area contributed by atoms with E-state index in [0.717, 1.165) is 19.3 Å². The van der Waals surface area contributed by atoms with Crippen LogP contribution in [-0.4, -0.2) is 23.2 Å². The van der Waals surface area contributed by atoms with Gasteiger partial charge in [0.15, 0.2) is 0 Å². The van der Waals surface area contributed by atoms with Gasteiger partial charge in [0.25, 0.3) is 5.69 Å². The van der Waals surface area contributed by atoms with Crippen LogP contribution in [0.25, 0.3) is 0 Å². The zero-order chi connectivity index (χ0) is 14.3. The standard InChI is InChI=1S/C14H17ClN2O3/c15-11-3-4-12(17(18)19)10(7-11)8-14(16)5-6-20-13(14)9-1-2-9/h3-4,7,9,13H,1-2,5-6,8,16H2. The first kappa shape index (κ1) is 13.8. The minimum atomic E-state index is -0.517. The van der Waals surface area contributed by atoms with E-state index in [1.807, 2.05) is 0 Å². The van der Waals surface area contributed by atoms with Gasteiger partial charge >= 0.3 is 0 Å². The van der Waals surface area contributed by atoms with Crippen molar-refractivity contribution in [2.24, 2.45) is 11.7 Å². The van der Waals surface area contributed by atoms with Crippen LogP contribution >= 0.6 is 11.6 Å². The molecular weight excluding hydrogens is 280 g/mol. The Hall–Kier alpha value is -1.17. The van der Waals surface area contributed by atoms with E-state index < -0.39 is 5.54 Å². The minimum absolute atomic E-state index is 0.0149. The van der Waals surface area contributed by atoms with Crippen LogP contribution in [0, 0.1) is 16.0 Å². The molecule has 1 heterocycles. The van der Waals surface area contributed by atoms with Crippen LogP contribution in [0.1, 0.15) is 24.8 Å². The summed E-state index contributed by atoms with van der Waals surface area (Å²) in [5.74, 6) is 0.515. The van der Waals surface area contributed by atoms with Crippen LogP contribution in [0.2, 0.25) is 5.02 Å². The Morgan fingerprint density at radius 2 is 2.25 bits per heavy atom. The van der Waals surface area contributed by atoms with Gasteiger partial charge in [-0.1, -0.05) is 11.6 Å². The molecule has 0 bridgehead atoms. The molecule has 2 fully saturated rings. The number of nitro groups is 1. The van der Waals surface area contributed by atoms with Crippen molar-refractivity contribution in [1.29, 1.82) is 0 Å². The van der Waals surface area contributed by atoms with Gasteiger partial charge in [-0.25, -0.2) is 0 Å². The first-order chi connectivity index (χ1) is 9.49. The number of hydrogen-bond acceptors (Lipinski definition) is 4. The Labute approximate surface area is 122 Å². The van der Waals surface area contributed by atoms with Crippen LogP contribution < -0.4 is 5.73 Å². The number of nitrogens with two attached hydrogens (primary N) is 1. The van der Waals surface area contributed by atoms with E-state index in [1.165, 1.54) is 12.1 Å². The van der Waals surface area contributed by atoms with E-state index in [2.05, 4.69) is 0 Å². The largest absolute Gasteiger partial charge is 0.376 e. The van der Waals surface area contributed by atoms with Crippen molar-refractivity contribution in [3.63, 3.8) is 0 Å². The molecule has 1 saturated carbocycles. The van der Waals surface area contributed by atoms with Crippen LogP contribution in [0.15, 0.2) is 18.2 Å². The van der Waals surface area contributed by atoms with Gasteiger partial charge in [-0.15, -0.1) is 0 Å². The predicted molar refractivity (Wildman–Crippen MR) is 75.8 cm³/mol. The second kappa shape index (κ2) is 4.98. The lowest BCUT2D eigenvalue weighted by Gasteiger charge is -2.30. The molecule has 3 rings (SSSR count). The molecule has 2 aliphatic rings.